The van der Waals surface area contributed by atoms with Crippen molar-refractivity contribution in [1.29, 1.82) is 0 Å². The predicted molar refractivity (Wildman–Crippen MR) is 147 cm³/mol. The third kappa shape index (κ3) is 4.22. The van der Waals surface area contributed by atoms with E-state index in [4.69, 9.17) is 9.57 Å². The van der Waals surface area contributed by atoms with E-state index in [1.54, 1.807) is 0 Å². The van der Waals surface area contributed by atoms with Gasteiger partial charge in [-0.2, -0.15) is 5.06 Å². The summed E-state index contributed by atoms with van der Waals surface area (Å²) in [6.45, 7) is 2.35. The predicted octanol–water partition coefficient (Wildman–Crippen LogP) is 5.95. The van der Waals surface area contributed by atoms with Gasteiger partial charge < -0.3 is 4.74 Å². The summed E-state index contributed by atoms with van der Waals surface area (Å²) in [5.41, 5.74) is 3.04. The third-order valence-electron chi connectivity index (χ3n) is 7.74. The summed E-state index contributed by atoms with van der Waals surface area (Å²) in [6.07, 6.45) is -1.11. The molecular weight excluding hydrogens is 488 g/mol. The zero-order chi connectivity index (χ0) is 26.8. The van der Waals surface area contributed by atoms with Gasteiger partial charge in [0, 0.05) is 0 Å². The SMILES string of the molecule is C[C@H]1ON(C(c2ccccc2)(c2ccccc2)c2ccccc2)[C@@H](c2ccccc2)[C@@H]1C(=O)N1CCOC1=O. The molecule has 0 bridgehead atoms. The number of carbonyl (C=O) groups excluding carboxylic acids is 2. The number of amides is 2. The Hall–Kier alpha value is -4.26. The zero-order valence-electron chi connectivity index (χ0n) is 21.7. The molecule has 0 aliphatic carbocycles. The van der Waals surface area contributed by atoms with Gasteiger partial charge >= 0.3 is 6.09 Å². The van der Waals surface area contributed by atoms with Gasteiger partial charge in [-0.05, 0) is 29.2 Å². The first kappa shape index (κ1) is 25.0. The van der Waals surface area contributed by atoms with Crippen LogP contribution in [0, 0.1) is 5.92 Å². The maximum Gasteiger partial charge on any atom is 0.416 e. The lowest BCUT2D eigenvalue weighted by Crippen LogP contribution is -2.49. The highest BCUT2D eigenvalue weighted by Crippen LogP contribution is 2.53. The number of rotatable bonds is 6. The number of cyclic esters (lactones) is 1. The summed E-state index contributed by atoms with van der Waals surface area (Å²) in [5.74, 6) is -0.932. The van der Waals surface area contributed by atoms with Crippen molar-refractivity contribution in [2.24, 2.45) is 5.92 Å². The van der Waals surface area contributed by atoms with E-state index in [2.05, 4.69) is 36.4 Å². The standard InChI is InChI=1S/C33H30N2O4/c1-24-29(31(36)34-22-23-38-32(34)37)30(25-14-6-2-7-15-25)35(39-24)33(26-16-8-3-9-17-26,27-18-10-4-11-19-27)28-20-12-5-13-21-28/h2-21,24,29-30H,22-23H2,1H3/t24-,29-,30+/m1/s1. The second kappa shape index (κ2) is 10.5. The fraction of sp³-hybridized carbons (Fsp3) is 0.212. The minimum Gasteiger partial charge on any atom is -0.447 e. The van der Waals surface area contributed by atoms with Crippen LogP contribution in [0.5, 0.6) is 0 Å². The number of ether oxygens (including phenoxy) is 1. The third-order valence-corrected chi connectivity index (χ3v) is 7.74. The Balaban J connectivity index is 1.62. The molecule has 6 nitrogen and oxygen atoms in total. The van der Waals surface area contributed by atoms with Gasteiger partial charge in [0.2, 0.25) is 5.91 Å². The van der Waals surface area contributed by atoms with Crippen LogP contribution >= 0.6 is 0 Å². The Kier molecular flexibility index (Phi) is 6.73. The summed E-state index contributed by atoms with van der Waals surface area (Å²) in [7, 11) is 0. The highest BCUT2D eigenvalue weighted by Gasteiger charge is 2.57. The van der Waals surface area contributed by atoms with Crippen molar-refractivity contribution in [3.8, 4) is 0 Å². The van der Waals surface area contributed by atoms with Gasteiger partial charge in [0.25, 0.3) is 0 Å². The smallest absolute Gasteiger partial charge is 0.416 e. The molecule has 0 saturated carbocycles. The molecule has 6 heteroatoms. The first-order chi connectivity index (χ1) is 19.1. The van der Waals surface area contributed by atoms with E-state index < -0.39 is 29.7 Å². The number of hydrogen-bond donors (Lipinski definition) is 0. The van der Waals surface area contributed by atoms with Gasteiger partial charge in [-0.1, -0.05) is 121 Å². The summed E-state index contributed by atoms with van der Waals surface area (Å²) in [5, 5.41) is 2.00. The first-order valence-corrected chi connectivity index (χ1v) is 13.3. The van der Waals surface area contributed by atoms with E-state index in [-0.39, 0.29) is 19.1 Å². The fourth-order valence-corrected chi connectivity index (χ4v) is 6.02. The van der Waals surface area contributed by atoms with Crippen molar-refractivity contribution >= 4 is 12.0 Å². The Bertz CT molecular complexity index is 1330. The lowest BCUT2D eigenvalue weighted by molar-refractivity contribution is -0.205. The Labute approximate surface area is 228 Å². The van der Waals surface area contributed by atoms with Gasteiger partial charge in [-0.3, -0.25) is 9.63 Å². The van der Waals surface area contributed by atoms with Crippen LogP contribution in [-0.4, -0.2) is 41.2 Å². The van der Waals surface area contributed by atoms with Crippen LogP contribution in [0.3, 0.4) is 0 Å². The molecule has 0 spiro atoms. The Morgan fingerprint density at radius 2 is 1.21 bits per heavy atom. The van der Waals surface area contributed by atoms with E-state index in [0.717, 1.165) is 22.3 Å². The molecule has 2 aliphatic rings. The minimum absolute atomic E-state index is 0.203. The van der Waals surface area contributed by atoms with Gasteiger partial charge in [-0.25, -0.2) is 9.69 Å². The largest absolute Gasteiger partial charge is 0.447 e. The van der Waals surface area contributed by atoms with Crippen LogP contribution in [0.15, 0.2) is 121 Å². The number of hydroxylamine groups is 2. The van der Waals surface area contributed by atoms with Gasteiger partial charge in [0.1, 0.15) is 12.1 Å². The summed E-state index contributed by atoms with van der Waals surface area (Å²) in [4.78, 5) is 34.6. The number of benzene rings is 4. The van der Waals surface area contributed by atoms with E-state index in [1.165, 1.54) is 4.90 Å². The monoisotopic (exact) mass is 518 g/mol. The molecule has 6 rings (SSSR count). The van der Waals surface area contributed by atoms with Crippen LogP contribution in [-0.2, 0) is 19.9 Å². The molecule has 2 heterocycles. The van der Waals surface area contributed by atoms with Crippen LogP contribution in [0.25, 0.3) is 0 Å². The molecule has 0 radical (unpaired) electrons. The van der Waals surface area contributed by atoms with Crippen molar-refractivity contribution in [2.75, 3.05) is 13.2 Å². The molecular formula is C33H30N2O4. The average Bonchev–Trinajstić information content (AvgIpc) is 3.58. The zero-order valence-corrected chi connectivity index (χ0v) is 21.7. The molecule has 4 aromatic rings. The summed E-state index contributed by atoms with van der Waals surface area (Å²) < 4.78 is 5.14. The van der Waals surface area contributed by atoms with Crippen molar-refractivity contribution in [1.82, 2.24) is 9.96 Å². The van der Waals surface area contributed by atoms with E-state index in [1.807, 2.05) is 96.9 Å². The van der Waals surface area contributed by atoms with Crippen LogP contribution in [0.1, 0.15) is 35.2 Å². The molecule has 4 aromatic carbocycles. The van der Waals surface area contributed by atoms with Crippen LogP contribution in [0.4, 0.5) is 4.79 Å². The van der Waals surface area contributed by atoms with E-state index in [0.29, 0.717) is 0 Å². The molecule has 0 N–H and O–H groups in total. The van der Waals surface area contributed by atoms with Gasteiger partial charge in [0.15, 0.2) is 0 Å². The minimum atomic E-state index is -0.904. The molecule has 0 unspecified atom stereocenters. The van der Waals surface area contributed by atoms with E-state index >= 15 is 0 Å². The second-order valence-electron chi connectivity index (χ2n) is 9.93. The number of imide groups is 1. The first-order valence-electron chi connectivity index (χ1n) is 13.3. The lowest BCUT2D eigenvalue weighted by Gasteiger charge is -2.45. The maximum atomic E-state index is 14.1. The van der Waals surface area contributed by atoms with Crippen molar-refractivity contribution in [2.45, 2.75) is 24.6 Å². The van der Waals surface area contributed by atoms with Crippen molar-refractivity contribution in [3.05, 3.63) is 144 Å². The van der Waals surface area contributed by atoms with Crippen molar-refractivity contribution < 1.29 is 19.2 Å². The fourth-order valence-electron chi connectivity index (χ4n) is 6.02. The number of nitrogens with zero attached hydrogens (tertiary/aromatic N) is 2. The van der Waals surface area contributed by atoms with E-state index in [9.17, 15) is 9.59 Å². The maximum absolute atomic E-state index is 14.1. The van der Waals surface area contributed by atoms with Crippen LogP contribution < -0.4 is 0 Å². The van der Waals surface area contributed by atoms with Crippen molar-refractivity contribution in [3.63, 3.8) is 0 Å². The van der Waals surface area contributed by atoms with Crippen LogP contribution in [0.2, 0.25) is 0 Å². The normalized spacial score (nSPS) is 21.6. The van der Waals surface area contributed by atoms with Gasteiger partial charge in [0.05, 0.1) is 24.6 Å². The topological polar surface area (TPSA) is 59.1 Å². The summed E-state index contributed by atoms with van der Waals surface area (Å²) >= 11 is 0. The Morgan fingerprint density at radius 3 is 1.64 bits per heavy atom. The quantitative estimate of drug-likeness (QED) is 0.295. The Morgan fingerprint density at radius 1 is 0.744 bits per heavy atom. The highest BCUT2D eigenvalue weighted by molar-refractivity contribution is 5.95. The molecule has 3 atom stereocenters. The summed E-state index contributed by atoms with van der Waals surface area (Å²) in [6, 6.07) is 40.2. The molecule has 2 aliphatic heterocycles. The average molecular weight is 519 g/mol. The van der Waals surface area contributed by atoms with Gasteiger partial charge in [-0.15, -0.1) is 0 Å². The second-order valence-corrected chi connectivity index (χ2v) is 9.93. The highest BCUT2D eigenvalue weighted by atomic mass is 16.7. The molecule has 2 fully saturated rings. The molecule has 196 valence electrons. The molecule has 2 amide bonds. The lowest BCUT2D eigenvalue weighted by atomic mass is 9.74. The molecule has 2 saturated heterocycles. The molecule has 0 aromatic heterocycles. The number of hydrogen-bond acceptors (Lipinski definition) is 5. The number of carbonyl (C=O) groups is 2. The molecule has 39 heavy (non-hydrogen) atoms.